The van der Waals surface area contributed by atoms with E-state index in [1.54, 1.807) is 12.2 Å². The van der Waals surface area contributed by atoms with Crippen LogP contribution in [-0.2, 0) is 4.79 Å². The standard InChI is InChI=1S/C16H14N2O3/c1-9(16(20)21)17-14-7-6-13-11(15(14)19)8-10-4-2-3-5-12(10)18-13/h2-9,14,17H,1H3,(H,20,21)/t9-,14?/m0/s1. The second-order valence-electron chi connectivity index (χ2n) is 5.04. The lowest BCUT2D eigenvalue weighted by Gasteiger charge is -2.21. The fourth-order valence-corrected chi connectivity index (χ4v) is 2.37. The summed E-state index contributed by atoms with van der Waals surface area (Å²) in [6, 6.07) is 7.96. The van der Waals surface area contributed by atoms with E-state index in [9.17, 15) is 9.59 Å². The number of ketones is 1. The van der Waals surface area contributed by atoms with Crippen LogP contribution in [0.25, 0.3) is 17.0 Å². The number of Topliss-reactive ketones (excluding diaryl/α,β-unsaturated/α-hetero) is 1. The van der Waals surface area contributed by atoms with Crippen molar-refractivity contribution in [3.05, 3.63) is 47.7 Å². The molecule has 0 spiro atoms. The van der Waals surface area contributed by atoms with Crippen LogP contribution in [0.3, 0.4) is 0 Å². The number of carboxylic acid groups (broad SMARTS) is 1. The van der Waals surface area contributed by atoms with E-state index >= 15 is 0 Å². The van der Waals surface area contributed by atoms with Crippen LogP contribution in [0.5, 0.6) is 0 Å². The number of carbonyl (C=O) groups is 2. The Morgan fingerprint density at radius 2 is 2.14 bits per heavy atom. The quantitative estimate of drug-likeness (QED) is 0.898. The number of nitrogens with zero attached hydrogens (tertiary/aromatic N) is 1. The largest absolute Gasteiger partial charge is 0.480 e. The zero-order valence-electron chi connectivity index (χ0n) is 11.4. The van der Waals surface area contributed by atoms with Gasteiger partial charge in [0.2, 0.25) is 0 Å². The second-order valence-corrected chi connectivity index (χ2v) is 5.04. The molecule has 2 atom stereocenters. The van der Waals surface area contributed by atoms with E-state index in [-0.39, 0.29) is 5.78 Å². The van der Waals surface area contributed by atoms with Gasteiger partial charge in [-0.05, 0) is 25.1 Å². The van der Waals surface area contributed by atoms with Crippen molar-refractivity contribution >= 4 is 28.7 Å². The van der Waals surface area contributed by atoms with Crippen molar-refractivity contribution in [2.45, 2.75) is 19.0 Å². The molecule has 1 aliphatic carbocycles. The van der Waals surface area contributed by atoms with Gasteiger partial charge in [0.05, 0.1) is 17.3 Å². The van der Waals surface area contributed by atoms with Gasteiger partial charge in [0, 0.05) is 10.9 Å². The first-order valence-corrected chi connectivity index (χ1v) is 6.67. The Morgan fingerprint density at radius 1 is 1.38 bits per heavy atom. The van der Waals surface area contributed by atoms with Gasteiger partial charge in [0.1, 0.15) is 6.04 Å². The number of rotatable bonds is 3. The van der Waals surface area contributed by atoms with Crippen LogP contribution in [-0.4, -0.2) is 33.9 Å². The van der Waals surface area contributed by atoms with Gasteiger partial charge >= 0.3 is 5.97 Å². The zero-order chi connectivity index (χ0) is 15.0. The lowest BCUT2D eigenvalue weighted by Crippen LogP contribution is -2.45. The van der Waals surface area contributed by atoms with Gasteiger partial charge < -0.3 is 5.11 Å². The number of hydrogen-bond donors (Lipinski definition) is 2. The topological polar surface area (TPSA) is 79.3 Å². The predicted octanol–water partition coefficient (Wildman–Crippen LogP) is 1.88. The Morgan fingerprint density at radius 3 is 2.90 bits per heavy atom. The Hall–Kier alpha value is -2.53. The van der Waals surface area contributed by atoms with Gasteiger partial charge in [-0.25, -0.2) is 4.98 Å². The van der Waals surface area contributed by atoms with E-state index in [0.29, 0.717) is 11.3 Å². The first kappa shape index (κ1) is 13.5. The van der Waals surface area contributed by atoms with E-state index in [1.807, 2.05) is 30.3 Å². The summed E-state index contributed by atoms with van der Waals surface area (Å²) in [6.07, 6.45) is 3.42. The molecule has 1 aliphatic rings. The van der Waals surface area contributed by atoms with Crippen molar-refractivity contribution in [3.63, 3.8) is 0 Å². The molecule has 106 valence electrons. The Bertz CT molecular complexity index is 767. The van der Waals surface area contributed by atoms with E-state index in [0.717, 1.165) is 10.9 Å². The minimum atomic E-state index is -0.987. The van der Waals surface area contributed by atoms with Gasteiger partial charge in [0.15, 0.2) is 5.78 Å². The number of carboxylic acids is 1. The minimum absolute atomic E-state index is 0.154. The molecule has 1 aromatic carbocycles. The van der Waals surface area contributed by atoms with E-state index in [4.69, 9.17) is 5.11 Å². The number of aromatic nitrogens is 1. The normalized spacial score (nSPS) is 18.5. The molecule has 0 saturated carbocycles. The molecule has 0 saturated heterocycles. The molecule has 1 unspecified atom stereocenters. The van der Waals surface area contributed by atoms with Crippen LogP contribution in [0.15, 0.2) is 36.4 Å². The number of pyridine rings is 1. The van der Waals surface area contributed by atoms with Crippen LogP contribution in [0.1, 0.15) is 23.0 Å². The fourth-order valence-electron chi connectivity index (χ4n) is 2.37. The van der Waals surface area contributed by atoms with Crippen LogP contribution in [0.2, 0.25) is 0 Å². The molecular formula is C16H14N2O3. The summed E-state index contributed by atoms with van der Waals surface area (Å²) in [5, 5.41) is 12.6. The van der Waals surface area contributed by atoms with Crippen LogP contribution in [0, 0.1) is 0 Å². The van der Waals surface area contributed by atoms with Crippen LogP contribution >= 0.6 is 0 Å². The zero-order valence-corrected chi connectivity index (χ0v) is 11.4. The summed E-state index contributed by atoms with van der Waals surface area (Å²) in [5.41, 5.74) is 1.98. The highest BCUT2D eigenvalue weighted by Gasteiger charge is 2.27. The number of aliphatic carboxylic acids is 1. The molecule has 3 rings (SSSR count). The summed E-state index contributed by atoms with van der Waals surface area (Å²) < 4.78 is 0. The first-order valence-electron chi connectivity index (χ1n) is 6.67. The third kappa shape index (κ3) is 2.43. The Labute approximate surface area is 121 Å². The maximum Gasteiger partial charge on any atom is 0.320 e. The lowest BCUT2D eigenvalue weighted by molar-refractivity contribution is -0.139. The highest BCUT2D eigenvalue weighted by Crippen LogP contribution is 2.23. The SMILES string of the molecule is C[C@H](NC1C=Cc2nc3ccccc3cc2C1=O)C(=O)O. The number of benzene rings is 1. The Balaban J connectivity index is 1.98. The summed E-state index contributed by atoms with van der Waals surface area (Å²) in [6.45, 7) is 1.51. The number of para-hydroxylation sites is 1. The van der Waals surface area contributed by atoms with E-state index in [1.165, 1.54) is 6.92 Å². The van der Waals surface area contributed by atoms with Crippen molar-refractivity contribution in [2.75, 3.05) is 0 Å². The highest BCUT2D eigenvalue weighted by molar-refractivity contribution is 6.08. The van der Waals surface area contributed by atoms with Gasteiger partial charge in [-0.15, -0.1) is 0 Å². The molecular weight excluding hydrogens is 268 g/mol. The molecule has 0 amide bonds. The van der Waals surface area contributed by atoms with Crippen molar-refractivity contribution in [1.82, 2.24) is 10.3 Å². The number of fused-ring (bicyclic) bond motifs is 2. The van der Waals surface area contributed by atoms with Gasteiger partial charge in [-0.1, -0.05) is 24.3 Å². The van der Waals surface area contributed by atoms with Crippen molar-refractivity contribution in [1.29, 1.82) is 0 Å². The lowest BCUT2D eigenvalue weighted by atomic mass is 9.94. The molecule has 1 aromatic heterocycles. The highest BCUT2D eigenvalue weighted by atomic mass is 16.4. The third-order valence-electron chi connectivity index (χ3n) is 3.55. The molecule has 0 fully saturated rings. The van der Waals surface area contributed by atoms with Crippen LogP contribution in [0.4, 0.5) is 0 Å². The molecule has 21 heavy (non-hydrogen) atoms. The number of hydrogen-bond acceptors (Lipinski definition) is 4. The predicted molar refractivity (Wildman–Crippen MR) is 79.1 cm³/mol. The molecule has 0 bridgehead atoms. The maximum atomic E-state index is 12.5. The Kier molecular flexibility index (Phi) is 3.27. The average molecular weight is 282 g/mol. The molecule has 0 radical (unpaired) electrons. The minimum Gasteiger partial charge on any atom is -0.480 e. The first-order chi connectivity index (χ1) is 10.1. The molecule has 1 heterocycles. The van der Waals surface area contributed by atoms with Gasteiger partial charge in [0.25, 0.3) is 0 Å². The van der Waals surface area contributed by atoms with Crippen molar-refractivity contribution in [2.24, 2.45) is 0 Å². The second kappa shape index (κ2) is 5.10. The van der Waals surface area contributed by atoms with Crippen LogP contribution < -0.4 is 5.32 Å². The van der Waals surface area contributed by atoms with E-state index < -0.39 is 18.1 Å². The monoisotopic (exact) mass is 282 g/mol. The molecule has 0 aliphatic heterocycles. The summed E-state index contributed by atoms with van der Waals surface area (Å²) >= 11 is 0. The average Bonchev–Trinajstić information content (AvgIpc) is 2.48. The maximum absolute atomic E-state index is 12.5. The third-order valence-corrected chi connectivity index (χ3v) is 3.55. The summed E-state index contributed by atoms with van der Waals surface area (Å²) in [7, 11) is 0. The summed E-state index contributed by atoms with van der Waals surface area (Å²) in [4.78, 5) is 27.8. The van der Waals surface area contributed by atoms with E-state index in [2.05, 4.69) is 10.3 Å². The molecule has 2 aromatic rings. The fraction of sp³-hybridized carbons (Fsp3) is 0.188. The number of nitrogens with one attached hydrogen (secondary N) is 1. The smallest absolute Gasteiger partial charge is 0.320 e. The molecule has 2 N–H and O–H groups in total. The number of carbonyl (C=O) groups excluding carboxylic acids is 1. The van der Waals surface area contributed by atoms with Crippen molar-refractivity contribution < 1.29 is 14.7 Å². The van der Waals surface area contributed by atoms with Crippen molar-refractivity contribution in [3.8, 4) is 0 Å². The van der Waals surface area contributed by atoms with Gasteiger partial charge in [-0.2, -0.15) is 0 Å². The molecule has 5 nitrogen and oxygen atoms in total. The van der Waals surface area contributed by atoms with Gasteiger partial charge in [-0.3, -0.25) is 14.9 Å². The molecule has 5 heteroatoms. The summed E-state index contributed by atoms with van der Waals surface area (Å²) in [5.74, 6) is -1.14.